The average Bonchev–Trinajstić information content (AvgIpc) is 3.24. The summed E-state index contributed by atoms with van der Waals surface area (Å²) in [6.45, 7) is 4.63. The molecule has 0 aromatic heterocycles. The van der Waals surface area contributed by atoms with E-state index in [0.29, 0.717) is 17.4 Å². The zero-order valence-electron chi connectivity index (χ0n) is 42.8. The van der Waals surface area contributed by atoms with Crippen LogP contribution in [0.15, 0.2) is 12.2 Å². The number of nitrogens with one attached hydrogen (secondary N) is 1. The Morgan fingerprint density at radius 2 is 0.841 bits per heavy atom. The smallest absolute Gasteiger partial charge is 0.387 e. The van der Waals surface area contributed by atoms with Gasteiger partial charge in [-0.15, -0.1) is 0 Å². The molecule has 0 spiro atoms. The van der Waals surface area contributed by atoms with E-state index in [0.717, 1.165) is 32.1 Å². The minimum Gasteiger partial charge on any atom is -0.387 e. The number of allylic oxidation sites excluding steroid dienone is 1. The van der Waals surface area contributed by atoms with Crippen molar-refractivity contribution in [3.63, 3.8) is 0 Å². The van der Waals surface area contributed by atoms with Gasteiger partial charge in [0.15, 0.2) is 0 Å². The first-order chi connectivity index (χ1) is 30.5. The molecule has 63 heavy (non-hydrogen) atoms. The molecule has 0 fully saturated rings. The molecule has 0 aromatic rings. The highest BCUT2D eigenvalue weighted by atomic mass is 31.2. The van der Waals surface area contributed by atoms with Crippen molar-refractivity contribution < 1.29 is 32.9 Å². The fourth-order valence-electron chi connectivity index (χ4n) is 8.41. The van der Waals surface area contributed by atoms with Gasteiger partial charge in [0.2, 0.25) is 5.91 Å². The van der Waals surface area contributed by atoms with Crippen LogP contribution in [0.3, 0.4) is 0 Å². The van der Waals surface area contributed by atoms with Gasteiger partial charge >= 0.3 is 7.82 Å². The first kappa shape index (κ1) is 62.2. The van der Waals surface area contributed by atoms with Crippen molar-refractivity contribution >= 4 is 13.7 Å². The van der Waals surface area contributed by atoms with Crippen LogP contribution in [0.25, 0.3) is 0 Å². The van der Waals surface area contributed by atoms with Crippen LogP contribution in [-0.2, 0) is 18.4 Å². The highest BCUT2D eigenvalue weighted by Gasteiger charge is 2.27. The van der Waals surface area contributed by atoms with Gasteiger partial charge in [0.25, 0.3) is 0 Å². The van der Waals surface area contributed by atoms with Crippen LogP contribution in [0.2, 0.25) is 0 Å². The Labute approximate surface area is 392 Å². The van der Waals surface area contributed by atoms with E-state index in [2.05, 4.69) is 12.2 Å². The summed E-state index contributed by atoms with van der Waals surface area (Å²) in [5.74, 6) is -0.184. The molecule has 0 aliphatic rings. The molecule has 3 unspecified atom stereocenters. The highest BCUT2D eigenvalue weighted by Crippen LogP contribution is 2.43. The third-order valence-electron chi connectivity index (χ3n) is 12.7. The van der Waals surface area contributed by atoms with Gasteiger partial charge in [0.05, 0.1) is 39.9 Å². The number of carbonyl (C=O) groups is 1. The summed E-state index contributed by atoms with van der Waals surface area (Å²) >= 11 is 0. The van der Waals surface area contributed by atoms with Gasteiger partial charge in [-0.3, -0.25) is 13.8 Å². The van der Waals surface area contributed by atoms with Gasteiger partial charge in [-0.05, 0) is 12.8 Å². The lowest BCUT2D eigenvalue weighted by Crippen LogP contribution is -2.45. The lowest BCUT2D eigenvalue weighted by atomic mass is 10.0. The normalized spacial score (nSPS) is 14.1. The third-order valence-corrected chi connectivity index (χ3v) is 13.7. The topological polar surface area (TPSA) is 105 Å². The maximum atomic E-state index is 12.7. The SMILES string of the molecule is CCC/C=C/C(O)C(COP(=O)(O)OCC[N+](C)(C)C)NC(=O)CCCCCCCCCCCCCCCCCCCCCCCCCCCCCCCCCCCCCCCC. The van der Waals surface area contributed by atoms with Crippen molar-refractivity contribution in [2.45, 2.75) is 289 Å². The Balaban J connectivity index is 3.56. The summed E-state index contributed by atoms with van der Waals surface area (Å²) in [5.41, 5.74) is 0. The first-order valence-electron chi connectivity index (χ1n) is 27.6. The van der Waals surface area contributed by atoms with Gasteiger partial charge in [0, 0.05) is 6.42 Å². The third kappa shape index (κ3) is 49.0. The van der Waals surface area contributed by atoms with Crippen molar-refractivity contribution in [3.05, 3.63) is 12.2 Å². The fourth-order valence-corrected chi connectivity index (χ4v) is 9.14. The second kappa shape index (κ2) is 46.4. The second-order valence-electron chi connectivity index (χ2n) is 20.3. The highest BCUT2D eigenvalue weighted by molar-refractivity contribution is 7.47. The molecule has 376 valence electrons. The van der Waals surface area contributed by atoms with Crippen LogP contribution in [0, 0.1) is 0 Å². The Bertz CT molecular complexity index is 1040. The van der Waals surface area contributed by atoms with E-state index < -0.39 is 20.0 Å². The molecular weight excluding hydrogens is 804 g/mol. The summed E-state index contributed by atoms with van der Waals surface area (Å²) < 4.78 is 23.3. The monoisotopic (exact) mass is 914 g/mol. The number of quaternary nitrogens is 1. The second-order valence-corrected chi connectivity index (χ2v) is 21.8. The van der Waals surface area contributed by atoms with Crippen LogP contribution in [0.1, 0.15) is 277 Å². The van der Waals surface area contributed by atoms with Crippen LogP contribution in [0.5, 0.6) is 0 Å². The van der Waals surface area contributed by atoms with E-state index >= 15 is 0 Å². The molecule has 0 saturated carbocycles. The fraction of sp³-hybridized carbons (Fsp3) is 0.944. The van der Waals surface area contributed by atoms with Gasteiger partial charge in [-0.1, -0.05) is 270 Å². The van der Waals surface area contributed by atoms with Gasteiger partial charge < -0.3 is 19.8 Å². The Morgan fingerprint density at radius 3 is 1.14 bits per heavy atom. The van der Waals surface area contributed by atoms with Gasteiger partial charge in [-0.2, -0.15) is 0 Å². The Morgan fingerprint density at radius 1 is 0.524 bits per heavy atom. The molecule has 1 amide bonds. The molecular formula is C54H110N2O6P+. The number of amides is 1. The van der Waals surface area contributed by atoms with Crippen LogP contribution >= 0.6 is 7.82 Å². The van der Waals surface area contributed by atoms with Gasteiger partial charge in [0.1, 0.15) is 13.2 Å². The Hall–Kier alpha value is -0.760. The Kier molecular flexibility index (Phi) is 45.8. The van der Waals surface area contributed by atoms with Crippen LogP contribution in [0.4, 0.5) is 0 Å². The number of rotatable bonds is 51. The number of phosphoric acid groups is 1. The molecule has 0 rings (SSSR count). The van der Waals surface area contributed by atoms with E-state index in [9.17, 15) is 19.4 Å². The molecule has 3 N–H and O–H groups in total. The summed E-state index contributed by atoms with van der Waals surface area (Å²) in [5, 5.41) is 13.5. The number of unbranched alkanes of at least 4 members (excludes halogenated alkanes) is 38. The maximum Gasteiger partial charge on any atom is 0.472 e. The number of aliphatic hydroxyl groups excluding tert-OH is 1. The van der Waals surface area contributed by atoms with E-state index in [1.54, 1.807) is 6.08 Å². The van der Waals surface area contributed by atoms with Crippen LogP contribution in [-0.4, -0.2) is 73.4 Å². The number of nitrogens with zero attached hydrogens (tertiary/aromatic N) is 1. The zero-order valence-corrected chi connectivity index (χ0v) is 43.7. The zero-order chi connectivity index (χ0) is 46.4. The first-order valence-corrected chi connectivity index (χ1v) is 29.1. The molecule has 0 aliphatic carbocycles. The summed E-state index contributed by atoms with van der Waals surface area (Å²) in [6.07, 6.45) is 57.4. The average molecular weight is 914 g/mol. The van der Waals surface area contributed by atoms with Crippen molar-refractivity contribution in [1.29, 1.82) is 0 Å². The summed E-state index contributed by atoms with van der Waals surface area (Å²) in [7, 11) is 1.58. The lowest BCUT2D eigenvalue weighted by molar-refractivity contribution is -0.870. The molecule has 0 bridgehead atoms. The van der Waals surface area contributed by atoms with Crippen molar-refractivity contribution in [1.82, 2.24) is 5.32 Å². The standard InChI is InChI=1S/C54H109N2O6P/c1-6-8-10-11-12-13-14-15-16-17-18-19-20-21-22-23-24-25-26-27-28-29-30-31-32-33-34-35-36-37-38-39-40-41-42-43-44-46-48-54(58)55-52(53(57)47-45-9-7-2)51-62-63(59,60)61-50-49-56(3,4)5/h45,47,52-53,57H,6-44,46,48-51H2,1-5H3,(H-,55,58,59,60)/p+1/b47-45+. The number of aliphatic hydroxyl groups is 1. The van der Waals surface area contributed by atoms with Crippen molar-refractivity contribution in [2.75, 3.05) is 40.9 Å². The number of likely N-dealkylation sites (N-methyl/N-ethyl adjacent to an activating group) is 1. The van der Waals surface area contributed by atoms with E-state index in [1.165, 1.54) is 225 Å². The van der Waals surface area contributed by atoms with E-state index in [1.807, 2.05) is 34.1 Å². The molecule has 0 heterocycles. The van der Waals surface area contributed by atoms with Crippen LogP contribution < -0.4 is 5.32 Å². The number of hydrogen-bond donors (Lipinski definition) is 3. The molecule has 0 aliphatic heterocycles. The van der Waals surface area contributed by atoms with Gasteiger partial charge in [-0.25, -0.2) is 4.57 Å². The number of hydrogen-bond acceptors (Lipinski definition) is 5. The quantitative estimate of drug-likeness (QED) is 0.0243. The van der Waals surface area contributed by atoms with Crippen molar-refractivity contribution in [2.24, 2.45) is 0 Å². The summed E-state index contributed by atoms with van der Waals surface area (Å²) in [4.78, 5) is 22.8. The molecule has 0 saturated heterocycles. The molecule has 8 nitrogen and oxygen atoms in total. The minimum absolute atomic E-state index is 0.0625. The lowest BCUT2D eigenvalue weighted by Gasteiger charge is -2.25. The van der Waals surface area contributed by atoms with E-state index in [4.69, 9.17) is 9.05 Å². The predicted molar refractivity (Wildman–Crippen MR) is 272 cm³/mol. The maximum absolute atomic E-state index is 12.7. The van der Waals surface area contributed by atoms with Crippen molar-refractivity contribution in [3.8, 4) is 0 Å². The number of phosphoric ester groups is 1. The summed E-state index contributed by atoms with van der Waals surface area (Å²) in [6, 6.07) is -0.837. The molecule has 3 atom stereocenters. The molecule has 0 aromatic carbocycles. The van der Waals surface area contributed by atoms with E-state index in [-0.39, 0.29) is 19.1 Å². The molecule has 0 radical (unpaired) electrons. The predicted octanol–water partition coefficient (Wildman–Crippen LogP) is 16.3. The minimum atomic E-state index is -4.31. The molecule has 9 heteroatoms. The number of carbonyl (C=O) groups excluding carboxylic acids is 1. The largest absolute Gasteiger partial charge is 0.472 e.